The van der Waals surface area contributed by atoms with Crippen LogP contribution in [0.15, 0.2) is 54.9 Å². The quantitative estimate of drug-likeness (QED) is 0.125. The van der Waals surface area contributed by atoms with Gasteiger partial charge in [-0.15, -0.1) is 0 Å². The lowest BCUT2D eigenvalue weighted by Crippen LogP contribution is -2.05. The number of aromatic nitrogens is 3. The monoisotopic (exact) mass is 595 g/mol. The van der Waals surface area contributed by atoms with Gasteiger partial charge in [-0.25, -0.2) is 4.45 Å². The van der Waals surface area contributed by atoms with Crippen molar-refractivity contribution in [2.24, 2.45) is 0 Å². The summed E-state index contributed by atoms with van der Waals surface area (Å²) >= 11 is 14.9. The molecule has 0 radical (unpaired) electrons. The molecule has 0 bridgehead atoms. The van der Waals surface area contributed by atoms with Gasteiger partial charge in [-0.3, -0.25) is 9.78 Å². The Morgan fingerprint density at radius 1 is 1.09 bits per heavy atom. The number of hydrogen-bond donors (Lipinski definition) is 0. The largest absolute Gasteiger partial charge is 0.486 e. The van der Waals surface area contributed by atoms with Gasteiger partial charge in [0.25, 0.3) is 0 Å². The van der Waals surface area contributed by atoms with Crippen LogP contribution in [0.3, 0.4) is 0 Å². The molecular weight excluding hydrogens is 579 g/mol. The molecule has 9 heteroatoms. The van der Waals surface area contributed by atoms with Crippen molar-refractivity contribution in [1.82, 2.24) is 14.5 Å². The number of carbonyl (C=O) groups excluding carboxylic acids is 1. The molecule has 2 aromatic carbocycles. The van der Waals surface area contributed by atoms with Crippen LogP contribution in [0.4, 0.5) is 0 Å². The molecule has 0 N–H and O–H groups in total. The predicted octanol–water partition coefficient (Wildman–Crippen LogP) is 7.65. The third kappa shape index (κ3) is 4.99. The highest BCUT2D eigenvalue weighted by molar-refractivity contribution is 14.2. The van der Waals surface area contributed by atoms with E-state index in [1.165, 1.54) is 0 Å². The number of hydrogen-bond acceptors (Lipinski definition) is 4. The topological polar surface area (TPSA) is 57.0 Å². The van der Waals surface area contributed by atoms with E-state index in [9.17, 15) is 4.79 Å². The minimum Gasteiger partial charge on any atom is -0.486 e. The van der Waals surface area contributed by atoms with E-state index in [2.05, 4.69) is 27.0 Å². The number of rotatable bonds is 7. The molecular formula is C23H17Cl2IN3O2P. The number of benzene rings is 2. The van der Waals surface area contributed by atoms with Gasteiger partial charge in [0.05, 0.1) is 27.6 Å². The molecule has 0 aliphatic heterocycles. The zero-order valence-corrected chi connectivity index (χ0v) is 21.5. The summed E-state index contributed by atoms with van der Waals surface area (Å²) in [6.45, 7) is 1.90. The Kier molecular flexibility index (Phi) is 7.46. The van der Waals surface area contributed by atoms with Gasteiger partial charge in [0.1, 0.15) is 18.1 Å². The second-order valence-electron chi connectivity index (χ2n) is 6.96. The predicted molar refractivity (Wildman–Crippen MR) is 142 cm³/mol. The minimum absolute atomic E-state index is 0.359. The van der Waals surface area contributed by atoms with E-state index in [4.69, 9.17) is 33.0 Å². The molecule has 2 heterocycles. The summed E-state index contributed by atoms with van der Waals surface area (Å²) < 4.78 is 8.12. The van der Waals surface area contributed by atoms with E-state index in [1.807, 2.05) is 59.9 Å². The summed E-state index contributed by atoms with van der Waals surface area (Å²) in [5.41, 5.74) is 4.09. The van der Waals surface area contributed by atoms with Gasteiger partial charge in [-0.05, 0) is 64.9 Å². The van der Waals surface area contributed by atoms with Crippen LogP contribution in [0.1, 0.15) is 40.2 Å². The van der Waals surface area contributed by atoms with Gasteiger partial charge < -0.3 is 4.74 Å². The highest BCUT2D eigenvalue weighted by atomic mass is 127. The molecule has 4 aromatic rings. The molecule has 2 aromatic heterocycles. The van der Waals surface area contributed by atoms with Crippen molar-refractivity contribution >= 4 is 81.0 Å². The van der Waals surface area contributed by atoms with Crippen LogP contribution in [0.5, 0.6) is 5.75 Å². The molecule has 5 nitrogen and oxygen atoms in total. The molecule has 2 atom stereocenters. The third-order valence-corrected chi connectivity index (χ3v) is 7.32. The average molecular weight is 596 g/mol. The lowest BCUT2D eigenvalue weighted by Gasteiger charge is -2.17. The van der Waals surface area contributed by atoms with E-state index >= 15 is 0 Å². The van der Waals surface area contributed by atoms with E-state index in [1.54, 1.807) is 18.5 Å². The van der Waals surface area contributed by atoms with Crippen LogP contribution >= 0.6 is 51.6 Å². The molecule has 0 amide bonds. The summed E-state index contributed by atoms with van der Waals surface area (Å²) in [6, 6.07) is 13.3. The minimum atomic E-state index is -0.359. The van der Waals surface area contributed by atoms with Crippen molar-refractivity contribution in [2.45, 2.75) is 13.0 Å². The van der Waals surface area contributed by atoms with Gasteiger partial charge >= 0.3 is 0 Å². The Balaban J connectivity index is 1.68. The lowest BCUT2D eigenvalue weighted by atomic mass is 10.1. The normalized spacial score (nSPS) is 12.8. The number of pyridine rings is 1. The first-order valence-corrected chi connectivity index (χ1v) is 14.4. The first-order valence-electron chi connectivity index (χ1n) is 9.58. The van der Waals surface area contributed by atoms with Gasteiger partial charge in [-0.1, -0.05) is 47.5 Å². The Morgan fingerprint density at radius 2 is 1.84 bits per heavy atom. The standard InChI is InChI=1S/C23H17Cl2IN3O2P/c1-14(23-19(24)11-27-12-20(23)25)31-17-6-8-22-18(10-17)21(28-29(22)32-26)7-5-15-3-2-4-16(9-15)13-30/h2-14,32H,1H3/b7-5+/t14-/m1/s1. The number of halogens is 3. The molecule has 4 rings (SSSR count). The Morgan fingerprint density at radius 3 is 2.56 bits per heavy atom. The van der Waals surface area contributed by atoms with Gasteiger partial charge in [-0.2, -0.15) is 5.10 Å². The Bertz CT molecular complexity index is 1310. The number of aldehydes is 1. The van der Waals surface area contributed by atoms with Crippen molar-refractivity contribution in [1.29, 1.82) is 0 Å². The first kappa shape index (κ1) is 23.2. The van der Waals surface area contributed by atoms with Gasteiger partial charge in [0.15, 0.2) is 0 Å². The van der Waals surface area contributed by atoms with Crippen molar-refractivity contribution in [3.63, 3.8) is 0 Å². The molecule has 0 aliphatic carbocycles. The fourth-order valence-corrected chi connectivity index (χ4v) is 5.57. The van der Waals surface area contributed by atoms with E-state index in [0.29, 0.717) is 33.3 Å². The molecule has 0 spiro atoms. The number of carbonyl (C=O) groups is 1. The molecule has 0 fully saturated rings. The Labute approximate surface area is 210 Å². The van der Waals surface area contributed by atoms with E-state index in [-0.39, 0.29) is 6.10 Å². The average Bonchev–Trinajstić information content (AvgIpc) is 3.14. The summed E-state index contributed by atoms with van der Waals surface area (Å²) in [5.74, 6) is 0.683. The molecule has 0 saturated carbocycles. The molecule has 162 valence electrons. The van der Waals surface area contributed by atoms with Crippen LogP contribution in [0.25, 0.3) is 23.1 Å². The summed E-state index contributed by atoms with van der Waals surface area (Å²) in [4.78, 5) is 15.0. The van der Waals surface area contributed by atoms with Crippen molar-refractivity contribution in [2.75, 3.05) is 0 Å². The van der Waals surface area contributed by atoms with Crippen LogP contribution in [0.2, 0.25) is 10.0 Å². The number of nitrogens with zero attached hydrogens (tertiary/aromatic N) is 3. The zero-order valence-electron chi connectivity index (χ0n) is 16.8. The van der Waals surface area contributed by atoms with Crippen LogP contribution in [-0.4, -0.2) is 20.8 Å². The molecule has 0 saturated heterocycles. The maximum absolute atomic E-state index is 11.0. The number of ether oxygens (including phenoxy) is 1. The number of fused-ring (bicyclic) bond motifs is 1. The molecule has 0 aliphatic rings. The fourth-order valence-electron chi connectivity index (χ4n) is 3.37. The van der Waals surface area contributed by atoms with E-state index < -0.39 is 0 Å². The van der Waals surface area contributed by atoms with Gasteiger partial charge in [0.2, 0.25) is 0 Å². The van der Waals surface area contributed by atoms with Gasteiger partial charge in [0, 0.05) is 28.9 Å². The summed E-state index contributed by atoms with van der Waals surface area (Å²) in [6.07, 6.45) is 7.94. The first-order chi connectivity index (χ1) is 15.5. The fraction of sp³-hybridized carbons (Fsp3) is 0.0870. The second kappa shape index (κ2) is 10.3. The highest BCUT2D eigenvalue weighted by Crippen LogP contribution is 2.36. The van der Waals surface area contributed by atoms with Crippen molar-refractivity contribution in [3.05, 3.63) is 87.3 Å². The lowest BCUT2D eigenvalue weighted by molar-refractivity contribution is 0.112. The molecule has 32 heavy (non-hydrogen) atoms. The van der Waals surface area contributed by atoms with Crippen LogP contribution < -0.4 is 4.74 Å². The second-order valence-corrected chi connectivity index (χ2v) is 9.81. The zero-order chi connectivity index (χ0) is 22.7. The Hall–Kier alpha value is -1.99. The van der Waals surface area contributed by atoms with Crippen LogP contribution in [0, 0.1) is 0 Å². The van der Waals surface area contributed by atoms with Crippen molar-refractivity contribution in [3.8, 4) is 5.75 Å². The third-order valence-electron chi connectivity index (χ3n) is 4.85. The summed E-state index contributed by atoms with van der Waals surface area (Å²) in [7, 11) is 0. The van der Waals surface area contributed by atoms with Crippen molar-refractivity contribution < 1.29 is 9.53 Å². The summed E-state index contributed by atoms with van der Waals surface area (Å²) in [5, 5.41) is 6.63. The maximum atomic E-state index is 11.0. The van der Waals surface area contributed by atoms with E-state index in [0.717, 1.165) is 28.4 Å². The smallest absolute Gasteiger partial charge is 0.150 e. The van der Waals surface area contributed by atoms with Crippen LogP contribution in [-0.2, 0) is 0 Å². The molecule has 1 unspecified atom stereocenters. The maximum Gasteiger partial charge on any atom is 0.150 e. The highest BCUT2D eigenvalue weighted by Gasteiger charge is 2.17. The SMILES string of the molecule is C[C@@H](Oc1ccc2c(c1)c(/C=C/c1cccc(C=O)c1)nn2PI)c1c(Cl)cncc1Cl.